The zero-order valence-electron chi connectivity index (χ0n) is 10.3. The second-order valence-electron chi connectivity index (χ2n) is 4.18. The highest BCUT2D eigenvalue weighted by Gasteiger charge is 2.10. The van der Waals surface area contributed by atoms with Gasteiger partial charge in [0, 0.05) is 12.1 Å². The largest absolute Gasteiger partial charge is 0.508 e. The van der Waals surface area contributed by atoms with Crippen molar-refractivity contribution in [1.82, 2.24) is 5.32 Å². The summed E-state index contributed by atoms with van der Waals surface area (Å²) in [5.74, 6) is -0.171. The van der Waals surface area contributed by atoms with Crippen molar-refractivity contribution in [3.05, 3.63) is 65.7 Å². The number of carbonyl (C=O) groups excluding carboxylic acids is 1. The summed E-state index contributed by atoms with van der Waals surface area (Å²) in [6, 6.07) is 15.1. The van der Waals surface area contributed by atoms with Crippen LogP contribution in [0.1, 0.15) is 22.0 Å². The lowest BCUT2D eigenvalue weighted by Crippen LogP contribution is -2.28. The number of amides is 1. The molecule has 0 saturated heterocycles. The fourth-order valence-electron chi connectivity index (χ4n) is 1.70. The van der Waals surface area contributed by atoms with Crippen LogP contribution in [0.4, 0.5) is 0 Å². The van der Waals surface area contributed by atoms with Gasteiger partial charge in [-0.1, -0.05) is 30.3 Å². The van der Waals surface area contributed by atoms with E-state index >= 15 is 0 Å². The van der Waals surface area contributed by atoms with E-state index in [1.54, 1.807) is 12.1 Å². The number of hydrogen-bond donors (Lipinski definition) is 3. The number of phenolic OH excluding ortho intramolecular Hbond substituents is 1. The first-order valence-corrected chi connectivity index (χ1v) is 5.97. The Balaban J connectivity index is 1.92. The van der Waals surface area contributed by atoms with Crippen LogP contribution in [0, 0.1) is 0 Å². The first-order chi connectivity index (χ1) is 9.16. The van der Waals surface area contributed by atoms with Gasteiger partial charge in [0.25, 0.3) is 5.91 Å². The second kappa shape index (κ2) is 6.02. The van der Waals surface area contributed by atoms with Gasteiger partial charge in [0.15, 0.2) is 0 Å². The van der Waals surface area contributed by atoms with E-state index in [0.717, 1.165) is 5.56 Å². The predicted octanol–water partition coefficient (Wildman–Crippen LogP) is 1.86. The zero-order valence-corrected chi connectivity index (χ0v) is 10.3. The maximum absolute atomic E-state index is 11.8. The highest BCUT2D eigenvalue weighted by molar-refractivity contribution is 5.94. The molecule has 2 rings (SSSR count). The van der Waals surface area contributed by atoms with Crippen LogP contribution >= 0.6 is 0 Å². The number of hydrogen-bond acceptors (Lipinski definition) is 3. The molecule has 0 unspecified atom stereocenters. The van der Waals surface area contributed by atoms with Crippen molar-refractivity contribution in [2.45, 2.75) is 6.10 Å². The minimum absolute atomic E-state index is 0.112. The Kier molecular flexibility index (Phi) is 4.15. The number of aromatic hydroxyl groups is 1. The Morgan fingerprint density at radius 2 is 1.68 bits per heavy atom. The number of carbonyl (C=O) groups is 1. The molecule has 1 atom stereocenters. The molecule has 0 aromatic heterocycles. The number of aliphatic hydroxyl groups excluding tert-OH is 1. The van der Waals surface area contributed by atoms with Crippen molar-refractivity contribution < 1.29 is 15.0 Å². The Morgan fingerprint density at radius 1 is 1.05 bits per heavy atom. The summed E-state index contributed by atoms with van der Waals surface area (Å²) in [6.07, 6.45) is -0.734. The molecule has 3 N–H and O–H groups in total. The first kappa shape index (κ1) is 13.1. The molecule has 0 fully saturated rings. The third-order valence-electron chi connectivity index (χ3n) is 2.77. The molecule has 19 heavy (non-hydrogen) atoms. The van der Waals surface area contributed by atoms with Crippen LogP contribution in [-0.4, -0.2) is 22.7 Å². The van der Waals surface area contributed by atoms with Gasteiger partial charge in [0.05, 0.1) is 6.10 Å². The third kappa shape index (κ3) is 3.56. The topological polar surface area (TPSA) is 69.6 Å². The van der Waals surface area contributed by atoms with Crippen molar-refractivity contribution in [2.24, 2.45) is 0 Å². The third-order valence-corrected chi connectivity index (χ3v) is 2.77. The number of nitrogens with one attached hydrogen (secondary N) is 1. The van der Waals surface area contributed by atoms with Gasteiger partial charge >= 0.3 is 0 Å². The number of phenols is 1. The minimum atomic E-state index is -0.734. The van der Waals surface area contributed by atoms with E-state index in [1.165, 1.54) is 24.3 Å². The van der Waals surface area contributed by atoms with E-state index in [0.29, 0.717) is 5.56 Å². The fraction of sp³-hybridized carbons (Fsp3) is 0.133. The van der Waals surface area contributed by atoms with Crippen LogP contribution < -0.4 is 5.32 Å². The molecular weight excluding hydrogens is 242 g/mol. The number of rotatable bonds is 4. The first-order valence-electron chi connectivity index (χ1n) is 5.97. The van der Waals surface area contributed by atoms with Crippen molar-refractivity contribution in [3.8, 4) is 5.75 Å². The number of benzene rings is 2. The van der Waals surface area contributed by atoms with Gasteiger partial charge in [0.1, 0.15) is 5.75 Å². The average Bonchev–Trinajstić information content (AvgIpc) is 2.46. The lowest BCUT2D eigenvalue weighted by Gasteiger charge is -2.12. The van der Waals surface area contributed by atoms with Crippen LogP contribution in [0.2, 0.25) is 0 Å². The Labute approximate surface area is 111 Å². The summed E-state index contributed by atoms with van der Waals surface area (Å²) in [6.45, 7) is 0.143. The molecular formula is C15H15NO3. The molecule has 2 aromatic carbocycles. The highest BCUT2D eigenvalue weighted by Crippen LogP contribution is 2.12. The van der Waals surface area contributed by atoms with Crippen LogP contribution in [0.5, 0.6) is 5.75 Å². The lowest BCUT2D eigenvalue weighted by molar-refractivity contribution is 0.0916. The molecule has 0 aliphatic carbocycles. The zero-order chi connectivity index (χ0) is 13.7. The summed E-state index contributed by atoms with van der Waals surface area (Å²) in [5.41, 5.74) is 1.20. The van der Waals surface area contributed by atoms with Crippen molar-refractivity contribution in [3.63, 3.8) is 0 Å². The summed E-state index contributed by atoms with van der Waals surface area (Å²) >= 11 is 0. The average molecular weight is 257 g/mol. The Bertz CT molecular complexity index is 537. The predicted molar refractivity (Wildman–Crippen MR) is 71.8 cm³/mol. The molecule has 0 saturated carbocycles. The summed E-state index contributed by atoms with van der Waals surface area (Å²) in [5, 5.41) is 21.7. The van der Waals surface area contributed by atoms with E-state index in [4.69, 9.17) is 5.11 Å². The summed E-state index contributed by atoms with van der Waals surface area (Å²) in [7, 11) is 0. The molecule has 0 radical (unpaired) electrons. The van der Waals surface area contributed by atoms with Crippen molar-refractivity contribution in [1.29, 1.82) is 0 Å². The normalized spacial score (nSPS) is 11.8. The standard InChI is InChI=1S/C15H15NO3/c17-13-8-6-12(7-9-13)15(19)16-10-14(18)11-4-2-1-3-5-11/h1-9,14,17-18H,10H2,(H,16,19)/t14-/m1/s1. The van der Waals surface area contributed by atoms with Crippen molar-refractivity contribution >= 4 is 5.91 Å². The minimum Gasteiger partial charge on any atom is -0.508 e. The molecule has 4 nitrogen and oxygen atoms in total. The maximum atomic E-state index is 11.8. The molecule has 0 aliphatic heterocycles. The van der Waals surface area contributed by atoms with Gasteiger partial charge in [-0.15, -0.1) is 0 Å². The molecule has 4 heteroatoms. The maximum Gasteiger partial charge on any atom is 0.251 e. The second-order valence-corrected chi connectivity index (χ2v) is 4.18. The van der Waals surface area contributed by atoms with Crippen molar-refractivity contribution in [2.75, 3.05) is 6.54 Å². The molecule has 0 spiro atoms. The summed E-state index contributed by atoms with van der Waals surface area (Å²) < 4.78 is 0. The molecule has 0 bridgehead atoms. The molecule has 1 amide bonds. The van der Waals surface area contributed by atoms with E-state index in [2.05, 4.69) is 5.32 Å². The smallest absolute Gasteiger partial charge is 0.251 e. The molecule has 0 heterocycles. The SMILES string of the molecule is O=C(NC[C@@H](O)c1ccccc1)c1ccc(O)cc1. The Hall–Kier alpha value is -2.33. The highest BCUT2D eigenvalue weighted by atomic mass is 16.3. The molecule has 2 aromatic rings. The van der Waals surface area contributed by atoms with E-state index in [1.807, 2.05) is 18.2 Å². The van der Waals surface area contributed by atoms with Gasteiger partial charge in [-0.3, -0.25) is 4.79 Å². The lowest BCUT2D eigenvalue weighted by atomic mass is 10.1. The van der Waals surface area contributed by atoms with Gasteiger partial charge in [0.2, 0.25) is 0 Å². The van der Waals surface area contributed by atoms with Crippen LogP contribution in [-0.2, 0) is 0 Å². The van der Waals surface area contributed by atoms with Gasteiger partial charge < -0.3 is 15.5 Å². The van der Waals surface area contributed by atoms with E-state index in [-0.39, 0.29) is 18.2 Å². The van der Waals surface area contributed by atoms with Crippen LogP contribution in [0.3, 0.4) is 0 Å². The van der Waals surface area contributed by atoms with Gasteiger partial charge in [-0.05, 0) is 29.8 Å². The Morgan fingerprint density at radius 3 is 2.32 bits per heavy atom. The van der Waals surface area contributed by atoms with Crippen LogP contribution in [0.15, 0.2) is 54.6 Å². The molecule has 0 aliphatic rings. The summed E-state index contributed by atoms with van der Waals surface area (Å²) in [4.78, 5) is 11.8. The number of aliphatic hydroxyl groups is 1. The van der Waals surface area contributed by atoms with Gasteiger partial charge in [-0.2, -0.15) is 0 Å². The van der Waals surface area contributed by atoms with Crippen LogP contribution in [0.25, 0.3) is 0 Å². The fourth-order valence-corrected chi connectivity index (χ4v) is 1.70. The van der Waals surface area contributed by atoms with Gasteiger partial charge in [-0.25, -0.2) is 0 Å². The molecule has 98 valence electrons. The van der Waals surface area contributed by atoms with E-state index in [9.17, 15) is 9.90 Å². The van der Waals surface area contributed by atoms with E-state index < -0.39 is 6.10 Å². The monoisotopic (exact) mass is 257 g/mol. The quantitative estimate of drug-likeness (QED) is 0.783.